The monoisotopic (exact) mass is 267 g/mol. The highest BCUT2D eigenvalue weighted by molar-refractivity contribution is 5.20. The Morgan fingerprint density at radius 2 is 1.95 bits per heavy atom. The van der Waals surface area contributed by atoms with E-state index >= 15 is 0 Å². The fourth-order valence-electron chi connectivity index (χ4n) is 2.82. The number of pyridine rings is 1. The molecule has 3 nitrogen and oxygen atoms in total. The number of nitrogens with one attached hydrogen (secondary N) is 1. The van der Waals surface area contributed by atoms with E-state index in [9.17, 15) is 0 Å². The molecule has 20 heavy (non-hydrogen) atoms. The maximum atomic E-state index is 4.42. The van der Waals surface area contributed by atoms with Crippen molar-refractivity contribution >= 4 is 0 Å². The summed E-state index contributed by atoms with van der Waals surface area (Å²) in [6.45, 7) is 4.28. The predicted octanol–water partition coefficient (Wildman–Crippen LogP) is 2.27. The van der Waals surface area contributed by atoms with Gasteiger partial charge in [-0.2, -0.15) is 0 Å². The molecule has 1 aromatic heterocycles. The molecule has 0 spiro atoms. The molecule has 1 saturated heterocycles. The molecule has 2 aromatic rings. The lowest BCUT2D eigenvalue weighted by molar-refractivity contribution is 0.163. The molecule has 1 aliphatic rings. The molecule has 0 aliphatic carbocycles. The van der Waals surface area contributed by atoms with Gasteiger partial charge in [-0.1, -0.05) is 36.4 Å². The van der Waals surface area contributed by atoms with E-state index in [-0.39, 0.29) is 0 Å². The standard InChI is InChI=1S/C17H21N3/c1-2-6-15(7-3-1)17-14-18-11-13-20(17)12-9-16-8-4-5-10-19-16/h1-8,10,17-18H,9,11-14H2. The van der Waals surface area contributed by atoms with Crippen molar-refractivity contribution in [2.45, 2.75) is 12.5 Å². The lowest BCUT2D eigenvalue weighted by atomic mass is 10.0. The van der Waals surface area contributed by atoms with Crippen LogP contribution in [-0.2, 0) is 6.42 Å². The lowest BCUT2D eigenvalue weighted by Crippen LogP contribution is -2.46. The van der Waals surface area contributed by atoms with E-state index in [2.05, 4.69) is 57.7 Å². The molecule has 0 bridgehead atoms. The number of nitrogens with zero attached hydrogens (tertiary/aromatic N) is 2. The van der Waals surface area contributed by atoms with Crippen molar-refractivity contribution in [3.05, 3.63) is 66.0 Å². The summed E-state index contributed by atoms with van der Waals surface area (Å²) in [5.74, 6) is 0. The largest absolute Gasteiger partial charge is 0.314 e. The zero-order chi connectivity index (χ0) is 13.6. The molecule has 1 aromatic carbocycles. The highest BCUT2D eigenvalue weighted by Crippen LogP contribution is 2.21. The smallest absolute Gasteiger partial charge is 0.0473 e. The van der Waals surface area contributed by atoms with Gasteiger partial charge in [0.1, 0.15) is 0 Å². The summed E-state index contributed by atoms with van der Waals surface area (Å²) >= 11 is 0. The second kappa shape index (κ2) is 6.64. The van der Waals surface area contributed by atoms with Crippen LogP contribution >= 0.6 is 0 Å². The molecule has 1 fully saturated rings. The van der Waals surface area contributed by atoms with Crippen LogP contribution in [0, 0.1) is 0 Å². The highest BCUT2D eigenvalue weighted by atomic mass is 15.2. The zero-order valence-electron chi connectivity index (χ0n) is 11.7. The Bertz CT molecular complexity index is 512. The number of hydrogen-bond acceptors (Lipinski definition) is 3. The van der Waals surface area contributed by atoms with Gasteiger partial charge in [-0.15, -0.1) is 0 Å². The Hall–Kier alpha value is -1.71. The van der Waals surface area contributed by atoms with Crippen LogP contribution in [0.4, 0.5) is 0 Å². The van der Waals surface area contributed by atoms with Gasteiger partial charge < -0.3 is 5.32 Å². The van der Waals surface area contributed by atoms with Gasteiger partial charge in [0.2, 0.25) is 0 Å². The van der Waals surface area contributed by atoms with E-state index in [1.165, 1.54) is 11.3 Å². The van der Waals surface area contributed by atoms with Gasteiger partial charge in [-0.05, 0) is 17.7 Å². The van der Waals surface area contributed by atoms with Gasteiger partial charge in [0.05, 0.1) is 0 Å². The van der Waals surface area contributed by atoms with E-state index in [1.54, 1.807) is 0 Å². The van der Waals surface area contributed by atoms with Gasteiger partial charge in [-0.25, -0.2) is 0 Å². The Labute approximate surface area is 120 Å². The summed E-state index contributed by atoms with van der Waals surface area (Å²) < 4.78 is 0. The third-order valence-electron chi connectivity index (χ3n) is 3.92. The van der Waals surface area contributed by atoms with Crippen LogP contribution in [0.3, 0.4) is 0 Å². The molecule has 0 saturated carbocycles. The molecule has 1 N–H and O–H groups in total. The third kappa shape index (κ3) is 3.24. The van der Waals surface area contributed by atoms with Crippen LogP contribution in [0.1, 0.15) is 17.3 Å². The third-order valence-corrected chi connectivity index (χ3v) is 3.92. The van der Waals surface area contributed by atoms with Gasteiger partial charge in [0.25, 0.3) is 0 Å². The minimum atomic E-state index is 0.480. The fourth-order valence-corrected chi connectivity index (χ4v) is 2.82. The normalized spacial score (nSPS) is 19.9. The summed E-state index contributed by atoms with van der Waals surface area (Å²) in [6.07, 6.45) is 2.89. The maximum absolute atomic E-state index is 4.42. The molecular weight excluding hydrogens is 246 g/mol. The zero-order valence-corrected chi connectivity index (χ0v) is 11.7. The summed E-state index contributed by atoms with van der Waals surface area (Å²) in [4.78, 5) is 6.99. The topological polar surface area (TPSA) is 28.2 Å². The SMILES string of the molecule is c1ccc(C2CNCCN2CCc2ccccn2)cc1. The predicted molar refractivity (Wildman–Crippen MR) is 81.6 cm³/mol. The van der Waals surface area contributed by atoms with E-state index in [1.807, 2.05) is 12.3 Å². The van der Waals surface area contributed by atoms with Gasteiger partial charge >= 0.3 is 0 Å². The van der Waals surface area contributed by atoms with E-state index in [0.717, 1.165) is 32.6 Å². The average molecular weight is 267 g/mol. The summed E-state index contributed by atoms with van der Waals surface area (Å²) in [5, 5.41) is 3.50. The summed E-state index contributed by atoms with van der Waals surface area (Å²) in [7, 11) is 0. The quantitative estimate of drug-likeness (QED) is 0.921. The Kier molecular flexibility index (Phi) is 4.41. The van der Waals surface area contributed by atoms with Crippen molar-refractivity contribution in [1.29, 1.82) is 0 Å². The summed E-state index contributed by atoms with van der Waals surface area (Å²) in [6, 6.07) is 17.4. The van der Waals surface area contributed by atoms with Crippen LogP contribution in [0.15, 0.2) is 54.7 Å². The second-order valence-corrected chi connectivity index (χ2v) is 5.24. The van der Waals surface area contributed by atoms with Crippen LogP contribution < -0.4 is 5.32 Å². The Balaban J connectivity index is 1.67. The minimum absolute atomic E-state index is 0.480. The van der Waals surface area contributed by atoms with E-state index in [0.29, 0.717) is 6.04 Å². The first kappa shape index (κ1) is 13.3. The molecule has 1 unspecified atom stereocenters. The van der Waals surface area contributed by atoms with Crippen molar-refractivity contribution in [3.63, 3.8) is 0 Å². The molecule has 1 atom stereocenters. The molecular formula is C17H21N3. The number of benzene rings is 1. The van der Waals surface area contributed by atoms with Crippen LogP contribution in [0.25, 0.3) is 0 Å². The van der Waals surface area contributed by atoms with Gasteiger partial charge in [0.15, 0.2) is 0 Å². The number of rotatable bonds is 4. The Morgan fingerprint density at radius 1 is 1.10 bits per heavy atom. The molecule has 104 valence electrons. The average Bonchev–Trinajstić information content (AvgIpc) is 2.55. The van der Waals surface area contributed by atoms with Crippen molar-refractivity contribution in [1.82, 2.24) is 15.2 Å². The van der Waals surface area contributed by atoms with Crippen molar-refractivity contribution < 1.29 is 0 Å². The first-order chi connectivity index (χ1) is 9.93. The molecule has 2 heterocycles. The lowest BCUT2D eigenvalue weighted by Gasteiger charge is -2.36. The van der Waals surface area contributed by atoms with Crippen molar-refractivity contribution in [2.75, 3.05) is 26.2 Å². The first-order valence-electron chi connectivity index (χ1n) is 7.33. The van der Waals surface area contributed by atoms with Crippen LogP contribution in [0.5, 0.6) is 0 Å². The number of aromatic nitrogens is 1. The second-order valence-electron chi connectivity index (χ2n) is 5.24. The Morgan fingerprint density at radius 3 is 2.75 bits per heavy atom. The molecule has 0 amide bonds. The number of piperazine rings is 1. The number of hydrogen-bond donors (Lipinski definition) is 1. The fraction of sp³-hybridized carbons (Fsp3) is 0.353. The van der Waals surface area contributed by atoms with E-state index < -0.39 is 0 Å². The molecule has 0 radical (unpaired) electrons. The van der Waals surface area contributed by atoms with E-state index in [4.69, 9.17) is 0 Å². The highest BCUT2D eigenvalue weighted by Gasteiger charge is 2.23. The van der Waals surface area contributed by atoms with Crippen molar-refractivity contribution in [2.24, 2.45) is 0 Å². The minimum Gasteiger partial charge on any atom is -0.314 e. The van der Waals surface area contributed by atoms with Crippen molar-refractivity contribution in [3.8, 4) is 0 Å². The van der Waals surface area contributed by atoms with Gasteiger partial charge in [0, 0.05) is 50.5 Å². The summed E-state index contributed by atoms with van der Waals surface area (Å²) in [5.41, 5.74) is 2.58. The van der Waals surface area contributed by atoms with Crippen LogP contribution in [-0.4, -0.2) is 36.1 Å². The first-order valence-corrected chi connectivity index (χ1v) is 7.33. The molecule has 3 rings (SSSR count). The van der Waals surface area contributed by atoms with Gasteiger partial charge in [-0.3, -0.25) is 9.88 Å². The van der Waals surface area contributed by atoms with Crippen LogP contribution in [0.2, 0.25) is 0 Å². The molecule has 1 aliphatic heterocycles. The maximum Gasteiger partial charge on any atom is 0.0473 e. The molecule has 3 heteroatoms.